The summed E-state index contributed by atoms with van der Waals surface area (Å²) in [5, 5.41) is 5.58. The Kier molecular flexibility index (Phi) is 3.96. The number of nitrogens with zero attached hydrogens (tertiary/aromatic N) is 2. The molecule has 1 atom stereocenters. The number of carbonyl (C=O) groups excluding carboxylic acids is 2. The summed E-state index contributed by atoms with van der Waals surface area (Å²) in [5.74, 6) is 0.0353. The molecule has 1 aromatic rings. The quantitative estimate of drug-likeness (QED) is 0.889. The highest BCUT2D eigenvalue weighted by Gasteiger charge is 2.32. The maximum Gasteiger partial charge on any atom is 0.245 e. The lowest BCUT2D eigenvalue weighted by atomic mass is 10.0. The SMILES string of the molecule is CC(C)C1NC(=O)CCN(Cc2nccs2)C1=O. The van der Waals surface area contributed by atoms with Crippen LogP contribution in [0.3, 0.4) is 0 Å². The van der Waals surface area contributed by atoms with Crippen LogP contribution in [0.4, 0.5) is 0 Å². The highest BCUT2D eigenvalue weighted by molar-refractivity contribution is 7.09. The van der Waals surface area contributed by atoms with Crippen LogP contribution in [0.5, 0.6) is 0 Å². The topological polar surface area (TPSA) is 62.3 Å². The van der Waals surface area contributed by atoms with Gasteiger partial charge in [-0.25, -0.2) is 4.98 Å². The van der Waals surface area contributed by atoms with E-state index in [1.54, 1.807) is 11.1 Å². The number of rotatable bonds is 3. The summed E-state index contributed by atoms with van der Waals surface area (Å²) in [6.45, 7) is 4.84. The van der Waals surface area contributed by atoms with E-state index >= 15 is 0 Å². The van der Waals surface area contributed by atoms with Crippen LogP contribution in [0.25, 0.3) is 0 Å². The van der Waals surface area contributed by atoms with Gasteiger partial charge in [0.1, 0.15) is 11.0 Å². The van der Waals surface area contributed by atoms with E-state index in [4.69, 9.17) is 0 Å². The fourth-order valence-electron chi connectivity index (χ4n) is 1.95. The number of nitrogens with one attached hydrogen (secondary N) is 1. The Morgan fingerprint density at radius 1 is 1.56 bits per heavy atom. The number of hydrogen-bond acceptors (Lipinski definition) is 4. The molecule has 1 unspecified atom stereocenters. The molecule has 5 nitrogen and oxygen atoms in total. The molecule has 1 aromatic heterocycles. The molecule has 1 saturated heterocycles. The average Bonchev–Trinajstić information content (AvgIpc) is 2.78. The Bertz CT molecular complexity index is 431. The van der Waals surface area contributed by atoms with E-state index in [-0.39, 0.29) is 17.7 Å². The van der Waals surface area contributed by atoms with E-state index in [0.717, 1.165) is 5.01 Å². The van der Waals surface area contributed by atoms with Gasteiger partial charge in [-0.2, -0.15) is 0 Å². The lowest BCUT2D eigenvalue weighted by Crippen LogP contribution is -2.47. The molecule has 1 fully saturated rings. The van der Waals surface area contributed by atoms with E-state index in [9.17, 15) is 9.59 Å². The van der Waals surface area contributed by atoms with Crippen LogP contribution in [0.2, 0.25) is 0 Å². The van der Waals surface area contributed by atoms with E-state index in [2.05, 4.69) is 10.3 Å². The molecule has 18 heavy (non-hydrogen) atoms. The van der Waals surface area contributed by atoms with Crippen LogP contribution in [-0.4, -0.2) is 34.3 Å². The third kappa shape index (κ3) is 2.87. The maximum atomic E-state index is 12.3. The molecule has 1 N–H and O–H groups in total. The van der Waals surface area contributed by atoms with Crippen molar-refractivity contribution < 1.29 is 9.59 Å². The van der Waals surface area contributed by atoms with Crippen molar-refractivity contribution >= 4 is 23.2 Å². The Morgan fingerprint density at radius 3 is 2.94 bits per heavy atom. The highest BCUT2D eigenvalue weighted by Crippen LogP contribution is 2.15. The zero-order valence-corrected chi connectivity index (χ0v) is 11.4. The third-order valence-electron chi connectivity index (χ3n) is 2.98. The minimum atomic E-state index is -0.417. The first-order valence-electron chi connectivity index (χ1n) is 6.04. The minimum Gasteiger partial charge on any atom is -0.344 e. The second kappa shape index (κ2) is 5.48. The standard InChI is InChI=1S/C12H17N3O2S/c1-8(2)11-12(17)15(5-3-9(16)14-11)7-10-13-4-6-18-10/h4,6,8,11H,3,5,7H2,1-2H3,(H,14,16). The summed E-state index contributed by atoms with van der Waals surface area (Å²) in [7, 11) is 0. The van der Waals surface area contributed by atoms with Gasteiger partial charge in [0, 0.05) is 24.5 Å². The molecule has 1 aliphatic rings. The monoisotopic (exact) mass is 267 g/mol. The van der Waals surface area contributed by atoms with Crippen molar-refractivity contribution in [3.05, 3.63) is 16.6 Å². The molecule has 0 bridgehead atoms. The first-order chi connectivity index (χ1) is 8.58. The van der Waals surface area contributed by atoms with Crippen LogP contribution >= 0.6 is 11.3 Å². The number of carbonyl (C=O) groups is 2. The molecule has 0 aliphatic carbocycles. The van der Waals surface area contributed by atoms with Gasteiger partial charge in [-0.3, -0.25) is 9.59 Å². The molecular formula is C12H17N3O2S. The molecule has 98 valence electrons. The molecule has 2 amide bonds. The van der Waals surface area contributed by atoms with Crippen molar-refractivity contribution in [2.75, 3.05) is 6.54 Å². The zero-order valence-electron chi connectivity index (χ0n) is 10.5. The van der Waals surface area contributed by atoms with Gasteiger partial charge in [-0.05, 0) is 5.92 Å². The number of thiazole rings is 1. The Hall–Kier alpha value is -1.43. The summed E-state index contributed by atoms with van der Waals surface area (Å²) in [6, 6.07) is -0.417. The molecule has 0 radical (unpaired) electrons. The van der Waals surface area contributed by atoms with Gasteiger partial charge in [0.25, 0.3) is 0 Å². The van der Waals surface area contributed by atoms with Crippen molar-refractivity contribution in [1.29, 1.82) is 0 Å². The molecule has 0 saturated carbocycles. The van der Waals surface area contributed by atoms with Crippen LogP contribution in [0.1, 0.15) is 25.3 Å². The maximum absolute atomic E-state index is 12.3. The predicted molar refractivity (Wildman–Crippen MR) is 68.9 cm³/mol. The molecule has 0 aromatic carbocycles. The second-order valence-electron chi connectivity index (χ2n) is 4.72. The van der Waals surface area contributed by atoms with Gasteiger partial charge in [-0.15, -0.1) is 11.3 Å². The molecule has 2 rings (SSSR count). The summed E-state index contributed by atoms with van der Waals surface area (Å²) >= 11 is 1.53. The third-order valence-corrected chi connectivity index (χ3v) is 3.74. The summed E-state index contributed by atoms with van der Waals surface area (Å²) in [6.07, 6.45) is 2.09. The summed E-state index contributed by atoms with van der Waals surface area (Å²) in [5.41, 5.74) is 0. The van der Waals surface area contributed by atoms with Gasteiger partial charge >= 0.3 is 0 Å². The fourth-order valence-corrected chi connectivity index (χ4v) is 2.58. The zero-order chi connectivity index (χ0) is 13.1. The van der Waals surface area contributed by atoms with E-state index in [1.165, 1.54) is 11.3 Å². The second-order valence-corrected chi connectivity index (χ2v) is 5.70. The Morgan fingerprint density at radius 2 is 2.33 bits per heavy atom. The lowest BCUT2D eigenvalue weighted by Gasteiger charge is -2.25. The largest absolute Gasteiger partial charge is 0.344 e. The van der Waals surface area contributed by atoms with Crippen molar-refractivity contribution in [2.24, 2.45) is 5.92 Å². The van der Waals surface area contributed by atoms with Crippen molar-refractivity contribution in [2.45, 2.75) is 32.9 Å². The molecule has 0 spiro atoms. The fraction of sp³-hybridized carbons (Fsp3) is 0.583. The van der Waals surface area contributed by atoms with Crippen LogP contribution < -0.4 is 5.32 Å². The number of hydrogen-bond donors (Lipinski definition) is 1. The molecule has 6 heteroatoms. The number of aromatic nitrogens is 1. The van der Waals surface area contributed by atoms with Gasteiger partial charge < -0.3 is 10.2 Å². The number of amides is 2. The highest BCUT2D eigenvalue weighted by atomic mass is 32.1. The van der Waals surface area contributed by atoms with Crippen molar-refractivity contribution in [3.8, 4) is 0 Å². The van der Waals surface area contributed by atoms with Crippen molar-refractivity contribution in [3.63, 3.8) is 0 Å². The summed E-state index contributed by atoms with van der Waals surface area (Å²) < 4.78 is 0. The van der Waals surface area contributed by atoms with Gasteiger partial charge in [0.15, 0.2) is 0 Å². The van der Waals surface area contributed by atoms with Gasteiger partial charge in [0.05, 0.1) is 6.54 Å². The summed E-state index contributed by atoms with van der Waals surface area (Å²) in [4.78, 5) is 29.8. The van der Waals surface area contributed by atoms with E-state index in [1.807, 2.05) is 19.2 Å². The van der Waals surface area contributed by atoms with Crippen LogP contribution in [0, 0.1) is 5.92 Å². The lowest BCUT2D eigenvalue weighted by molar-refractivity contribution is -0.135. The minimum absolute atomic E-state index is 0.00829. The molecule has 1 aliphatic heterocycles. The van der Waals surface area contributed by atoms with Crippen LogP contribution in [-0.2, 0) is 16.1 Å². The Balaban J connectivity index is 2.13. The van der Waals surface area contributed by atoms with Crippen LogP contribution in [0.15, 0.2) is 11.6 Å². The smallest absolute Gasteiger partial charge is 0.245 e. The van der Waals surface area contributed by atoms with Gasteiger partial charge in [-0.1, -0.05) is 13.8 Å². The van der Waals surface area contributed by atoms with E-state index < -0.39 is 6.04 Å². The Labute approximate surface area is 110 Å². The average molecular weight is 267 g/mol. The molecular weight excluding hydrogens is 250 g/mol. The predicted octanol–water partition coefficient (Wildman–Crippen LogP) is 1.02. The first kappa shape index (κ1) is 13.0. The normalized spacial score (nSPS) is 21.1. The van der Waals surface area contributed by atoms with E-state index in [0.29, 0.717) is 19.5 Å². The molecule has 2 heterocycles. The first-order valence-corrected chi connectivity index (χ1v) is 6.92. The van der Waals surface area contributed by atoms with Gasteiger partial charge in [0.2, 0.25) is 11.8 Å². The van der Waals surface area contributed by atoms with Crippen molar-refractivity contribution in [1.82, 2.24) is 15.2 Å².